The van der Waals surface area contributed by atoms with E-state index in [1.54, 1.807) is 4.83 Å². The fourth-order valence-corrected chi connectivity index (χ4v) is 3.96. The van der Waals surface area contributed by atoms with Gasteiger partial charge in [0.15, 0.2) is 0 Å². The minimum Gasteiger partial charge on any atom is -0.381 e. The predicted octanol–water partition coefficient (Wildman–Crippen LogP) is 0.542. The van der Waals surface area contributed by atoms with Gasteiger partial charge in [0.2, 0.25) is 0 Å². The van der Waals surface area contributed by atoms with Crippen molar-refractivity contribution in [3.05, 3.63) is 88.5 Å². The number of hydrogen-bond acceptors (Lipinski definition) is 8. The van der Waals surface area contributed by atoms with Crippen LogP contribution in [-0.4, -0.2) is 44.1 Å². The molecule has 2 atom stereocenters. The standard InChI is InChI=1S/C21H20F2N8O4S/c1-13(21(33,9-30-11-25-10-28-30)17-5-3-15(22)7-18(17)23)31-12-26-19-6-14(2-4-16(19)20(31)32)8-27-29-36(24,34)35/h2-8,10-13,29,33H,9H2,1H3,(H2,24,34,35). The second kappa shape index (κ2) is 9.52. The Balaban J connectivity index is 1.76. The Labute approximate surface area is 202 Å². The number of nitrogens with two attached hydrogens (primary N) is 1. The zero-order chi connectivity index (χ0) is 26.1. The minimum atomic E-state index is -4.02. The van der Waals surface area contributed by atoms with Crippen LogP contribution >= 0.6 is 0 Å². The Kier molecular flexibility index (Phi) is 6.62. The Morgan fingerprint density at radius 1 is 1.25 bits per heavy atom. The summed E-state index contributed by atoms with van der Waals surface area (Å²) in [4.78, 5) is 23.2. The summed E-state index contributed by atoms with van der Waals surface area (Å²) in [5, 5.41) is 24.2. The van der Waals surface area contributed by atoms with Crippen LogP contribution in [0.25, 0.3) is 10.9 Å². The van der Waals surface area contributed by atoms with Gasteiger partial charge in [0.05, 0.1) is 36.0 Å². The molecule has 36 heavy (non-hydrogen) atoms. The molecule has 4 aromatic rings. The first kappa shape index (κ1) is 25.0. The number of fused-ring (bicyclic) bond motifs is 1. The van der Waals surface area contributed by atoms with E-state index >= 15 is 0 Å². The fraction of sp³-hybridized carbons (Fsp3) is 0.190. The molecule has 188 valence electrons. The van der Waals surface area contributed by atoms with E-state index in [1.807, 2.05) is 0 Å². The van der Waals surface area contributed by atoms with Gasteiger partial charge in [-0.2, -0.15) is 23.4 Å². The van der Waals surface area contributed by atoms with Crippen molar-refractivity contribution in [3.8, 4) is 0 Å². The molecule has 2 unspecified atom stereocenters. The summed E-state index contributed by atoms with van der Waals surface area (Å²) < 4.78 is 52.6. The monoisotopic (exact) mass is 518 g/mol. The van der Waals surface area contributed by atoms with Crippen molar-refractivity contribution >= 4 is 27.3 Å². The van der Waals surface area contributed by atoms with Crippen LogP contribution in [0.1, 0.15) is 24.1 Å². The van der Waals surface area contributed by atoms with Crippen LogP contribution in [0.15, 0.2) is 65.3 Å². The van der Waals surface area contributed by atoms with E-state index in [0.717, 1.165) is 16.7 Å². The molecule has 0 saturated carbocycles. The highest BCUT2D eigenvalue weighted by atomic mass is 32.2. The smallest absolute Gasteiger partial charge is 0.311 e. The molecule has 0 spiro atoms. The molecule has 15 heteroatoms. The number of hydrogen-bond donors (Lipinski definition) is 3. The zero-order valence-corrected chi connectivity index (χ0v) is 19.5. The van der Waals surface area contributed by atoms with Crippen LogP contribution in [0.4, 0.5) is 8.78 Å². The first-order valence-corrected chi connectivity index (χ1v) is 11.9. The van der Waals surface area contributed by atoms with Crippen molar-refractivity contribution in [1.29, 1.82) is 0 Å². The number of aliphatic hydroxyl groups is 1. The summed E-state index contributed by atoms with van der Waals surface area (Å²) >= 11 is 0. The van der Waals surface area contributed by atoms with E-state index in [9.17, 15) is 27.1 Å². The second-order valence-corrected chi connectivity index (χ2v) is 9.22. The van der Waals surface area contributed by atoms with Crippen molar-refractivity contribution in [2.75, 3.05) is 0 Å². The van der Waals surface area contributed by atoms with E-state index < -0.39 is 39.0 Å². The molecule has 0 amide bonds. The van der Waals surface area contributed by atoms with E-state index in [0.29, 0.717) is 11.6 Å². The summed E-state index contributed by atoms with van der Waals surface area (Å²) in [5.41, 5.74) is -2.16. The van der Waals surface area contributed by atoms with Crippen LogP contribution in [-0.2, 0) is 22.4 Å². The molecule has 2 aromatic heterocycles. The minimum absolute atomic E-state index is 0.170. The van der Waals surface area contributed by atoms with E-state index in [1.165, 1.54) is 55.0 Å². The van der Waals surface area contributed by atoms with Gasteiger partial charge in [-0.25, -0.2) is 28.6 Å². The third-order valence-corrected chi connectivity index (χ3v) is 5.94. The summed E-state index contributed by atoms with van der Waals surface area (Å²) in [7, 11) is -4.02. The lowest BCUT2D eigenvalue weighted by Gasteiger charge is -2.35. The number of nitrogens with one attached hydrogen (secondary N) is 1. The van der Waals surface area contributed by atoms with Crippen LogP contribution in [0.5, 0.6) is 0 Å². The molecule has 4 N–H and O–H groups in total. The molecule has 12 nitrogen and oxygen atoms in total. The molecule has 0 aliphatic carbocycles. The zero-order valence-electron chi connectivity index (χ0n) is 18.7. The van der Waals surface area contributed by atoms with Gasteiger partial charge in [0, 0.05) is 11.6 Å². The molecular formula is C21H20F2N8O4S. The van der Waals surface area contributed by atoms with Gasteiger partial charge >= 0.3 is 10.2 Å². The maximum atomic E-state index is 14.8. The lowest BCUT2D eigenvalue weighted by Crippen LogP contribution is -2.43. The van der Waals surface area contributed by atoms with Gasteiger partial charge in [0.25, 0.3) is 5.56 Å². The maximum Gasteiger partial charge on any atom is 0.311 e. The van der Waals surface area contributed by atoms with E-state index in [2.05, 4.69) is 20.2 Å². The highest BCUT2D eigenvalue weighted by Gasteiger charge is 2.41. The largest absolute Gasteiger partial charge is 0.381 e. The van der Waals surface area contributed by atoms with Gasteiger partial charge in [-0.05, 0) is 30.7 Å². The fourth-order valence-electron chi connectivity index (χ4n) is 3.76. The van der Waals surface area contributed by atoms with Crippen molar-refractivity contribution in [1.82, 2.24) is 29.1 Å². The highest BCUT2D eigenvalue weighted by molar-refractivity contribution is 7.87. The maximum absolute atomic E-state index is 14.8. The van der Waals surface area contributed by atoms with Gasteiger partial charge < -0.3 is 5.11 Å². The molecular weight excluding hydrogens is 498 g/mol. The molecule has 2 aromatic carbocycles. The van der Waals surface area contributed by atoms with Gasteiger partial charge in [-0.15, -0.1) is 0 Å². The molecule has 0 fully saturated rings. The van der Waals surface area contributed by atoms with Crippen molar-refractivity contribution < 1.29 is 22.3 Å². The molecule has 0 aliphatic rings. The highest BCUT2D eigenvalue weighted by Crippen LogP contribution is 2.36. The normalized spacial score (nSPS) is 14.7. The summed E-state index contributed by atoms with van der Waals surface area (Å²) in [6, 6.07) is 6.10. The number of rotatable bonds is 8. The Hall–Kier alpha value is -4.08. The molecule has 0 saturated heterocycles. The topological polar surface area (TPSA) is 170 Å². The first-order chi connectivity index (χ1) is 17.0. The average Bonchev–Trinajstić information content (AvgIpc) is 3.30. The van der Waals surface area contributed by atoms with E-state index in [4.69, 9.17) is 5.14 Å². The molecule has 0 aliphatic heterocycles. The number of nitrogens with zero attached hydrogens (tertiary/aromatic N) is 6. The molecule has 2 heterocycles. The third-order valence-electron chi connectivity index (χ3n) is 5.58. The Morgan fingerprint density at radius 2 is 2.03 bits per heavy atom. The quantitative estimate of drug-likeness (QED) is 0.226. The van der Waals surface area contributed by atoms with Gasteiger partial charge in [-0.1, -0.05) is 12.1 Å². The van der Waals surface area contributed by atoms with Crippen LogP contribution in [0, 0.1) is 11.6 Å². The Bertz CT molecular complexity index is 1610. The van der Waals surface area contributed by atoms with Gasteiger partial charge in [0.1, 0.15) is 29.9 Å². The lowest BCUT2D eigenvalue weighted by atomic mass is 9.86. The molecule has 4 rings (SSSR count). The van der Waals surface area contributed by atoms with Crippen molar-refractivity contribution in [2.45, 2.75) is 25.1 Å². The van der Waals surface area contributed by atoms with Crippen molar-refractivity contribution in [3.63, 3.8) is 0 Å². The number of hydrazone groups is 1. The summed E-state index contributed by atoms with van der Waals surface area (Å²) in [5.74, 6) is -1.82. The number of benzene rings is 2. The SMILES string of the molecule is CC(n1cnc2cc(C=NNS(N)(=O)=O)ccc2c1=O)C(O)(Cn1cncn1)c1ccc(F)cc1F. The lowest BCUT2D eigenvalue weighted by molar-refractivity contribution is -0.0343. The van der Waals surface area contributed by atoms with Crippen LogP contribution in [0.3, 0.4) is 0 Å². The van der Waals surface area contributed by atoms with E-state index in [-0.39, 0.29) is 23.0 Å². The number of aromatic nitrogens is 5. The Morgan fingerprint density at radius 3 is 2.69 bits per heavy atom. The van der Waals surface area contributed by atoms with Crippen LogP contribution < -0.4 is 15.5 Å². The molecule has 0 bridgehead atoms. The summed E-state index contributed by atoms with van der Waals surface area (Å²) in [6.07, 6.45) is 4.91. The third kappa shape index (κ3) is 5.12. The summed E-state index contributed by atoms with van der Waals surface area (Å²) in [6.45, 7) is 1.20. The van der Waals surface area contributed by atoms with Crippen LogP contribution in [0.2, 0.25) is 0 Å². The number of halogens is 2. The van der Waals surface area contributed by atoms with Crippen molar-refractivity contribution in [2.24, 2.45) is 10.2 Å². The van der Waals surface area contributed by atoms with Gasteiger partial charge in [-0.3, -0.25) is 9.36 Å². The predicted molar refractivity (Wildman–Crippen MR) is 125 cm³/mol. The average molecular weight is 519 g/mol. The second-order valence-electron chi connectivity index (χ2n) is 7.95. The first-order valence-electron chi connectivity index (χ1n) is 10.3. The molecule has 0 radical (unpaired) electrons.